The van der Waals surface area contributed by atoms with Gasteiger partial charge in [-0.15, -0.1) is 0 Å². The van der Waals surface area contributed by atoms with Crippen molar-refractivity contribution < 1.29 is 19.1 Å². The summed E-state index contributed by atoms with van der Waals surface area (Å²) in [5, 5.41) is 4.86. The Bertz CT molecular complexity index is 314. The zero-order valence-corrected chi connectivity index (χ0v) is 9.57. The van der Waals surface area contributed by atoms with E-state index in [-0.39, 0.29) is 18.4 Å². The lowest BCUT2D eigenvalue weighted by Crippen LogP contribution is -2.65. The van der Waals surface area contributed by atoms with Crippen molar-refractivity contribution in [1.29, 1.82) is 0 Å². The highest BCUT2D eigenvalue weighted by molar-refractivity contribution is 6.09. The van der Waals surface area contributed by atoms with Crippen molar-refractivity contribution >= 4 is 17.8 Å². The SMILES string of the molecule is CCOC(=O)C1NC(=O)C(C(C)C)NC1=O. The molecular formula is C10H16N2O4. The van der Waals surface area contributed by atoms with Gasteiger partial charge in [-0.3, -0.25) is 9.59 Å². The Morgan fingerprint density at radius 3 is 2.44 bits per heavy atom. The van der Waals surface area contributed by atoms with Gasteiger partial charge >= 0.3 is 5.97 Å². The molecule has 90 valence electrons. The summed E-state index contributed by atoms with van der Waals surface area (Å²) in [6.45, 7) is 5.44. The van der Waals surface area contributed by atoms with Crippen molar-refractivity contribution in [2.75, 3.05) is 6.61 Å². The standard InChI is InChI=1S/C10H16N2O4/c1-4-16-10(15)7-9(14)11-6(5(2)3)8(13)12-7/h5-7H,4H2,1-3H3,(H,11,14)(H,12,13). The molecule has 1 heterocycles. The first-order valence-corrected chi connectivity index (χ1v) is 5.24. The maximum atomic E-state index is 11.6. The third-order valence-corrected chi connectivity index (χ3v) is 2.32. The van der Waals surface area contributed by atoms with E-state index in [4.69, 9.17) is 0 Å². The molecular weight excluding hydrogens is 212 g/mol. The maximum absolute atomic E-state index is 11.6. The van der Waals surface area contributed by atoms with Crippen molar-refractivity contribution in [2.45, 2.75) is 32.9 Å². The normalized spacial score (nSPS) is 25.0. The van der Waals surface area contributed by atoms with Gasteiger partial charge in [0.25, 0.3) is 5.91 Å². The molecule has 2 unspecified atom stereocenters. The lowest BCUT2D eigenvalue weighted by molar-refractivity contribution is -0.154. The Labute approximate surface area is 93.7 Å². The molecule has 0 saturated carbocycles. The van der Waals surface area contributed by atoms with Gasteiger partial charge in [0, 0.05) is 0 Å². The molecule has 2 atom stereocenters. The van der Waals surface area contributed by atoms with E-state index in [0.717, 1.165) is 0 Å². The van der Waals surface area contributed by atoms with E-state index in [1.54, 1.807) is 6.92 Å². The molecule has 0 spiro atoms. The highest BCUT2D eigenvalue weighted by atomic mass is 16.5. The molecule has 0 radical (unpaired) electrons. The molecule has 0 aromatic carbocycles. The monoisotopic (exact) mass is 228 g/mol. The summed E-state index contributed by atoms with van der Waals surface area (Å²) in [4.78, 5) is 34.4. The summed E-state index contributed by atoms with van der Waals surface area (Å²) in [6.07, 6.45) is 0. The highest BCUT2D eigenvalue weighted by Crippen LogP contribution is 2.07. The smallest absolute Gasteiger partial charge is 0.338 e. The van der Waals surface area contributed by atoms with Gasteiger partial charge in [-0.2, -0.15) is 0 Å². The van der Waals surface area contributed by atoms with Gasteiger partial charge < -0.3 is 15.4 Å². The Balaban J connectivity index is 2.70. The molecule has 1 aliphatic heterocycles. The van der Waals surface area contributed by atoms with Crippen LogP contribution in [0.15, 0.2) is 0 Å². The molecule has 2 N–H and O–H groups in total. The minimum absolute atomic E-state index is 0.0212. The Morgan fingerprint density at radius 1 is 1.31 bits per heavy atom. The van der Waals surface area contributed by atoms with Crippen molar-refractivity contribution in [1.82, 2.24) is 10.6 Å². The Kier molecular flexibility index (Phi) is 3.87. The molecule has 1 aliphatic rings. The zero-order chi connectivity index (χ0) is 12.3. The Morgan fingerprint density at radius 2 is 1.94 bits per heavy atom. The second-order valence-electron chi connectivity index (χ2n) is 3.92. The number of carbonyl (C=O) groups excluding carboxylic acids is 3. The third-order valence-electron chi connectivity index (χ3n) is 2.32. The second-order valence-corrected chi connectivity index (χ2v) is 3.92. The largest absolute Gasteiger partial charge is 0.464 e. The number of nitrogens with one attached hydrogen (secondary N) is 2. The molecule has 1 rings (SSSR count). The number of esters is 1. The van der Waals surface area contributed by atoms with Crippen LogP contribution in [0, 0.1) is 5.92 Å². The van der Waals surface area contributed by atoms with E-state index in [1.165, 1.54) is 0 Å². The van der Waals surface area contributed by atoms with Crippen LogP contribution < -0.4 is 10.6 Å². The van der Waals surface area contributed by atoms with E-state index in [0.29, 0.717) is 0 Å². The van der Waals surface area contributed by atoms with Crippen molar-refractivity contribution in [3.05, 3.63) is 0 Å². The molecule has 0 aromatic heterocycles. The number of hydrogen-bond donors (Lipinski definition) is 2. The van der Waals surface area contributed by atoms with Crippen LogP contribution in [0.4, 0.5) is 0 Å². The molecule has 6 nitrogen and oxygen atoms in total. The maximum Gasteiger partial charge on any atom is 0.338 e. The molecule has 2 amide bonds. The summed E-state index contributed by atoms with van der Waals surface area (Å²) < 4.78 is 4.68. The molecule has 6 heteroatoms. The predicted octanol–water partition coefficient (Wildman–Crippen LogP) is -0.811. The quantitative estimate of drug-likeness (QED) is 0.488. The average Bonchev–Trinajstić information content (AvgIpc) is 2.20. The van der Waals surface area contributed by atoms with Gasteiger partial charge in [0.05, 0.1) is 6.61 Å². The van der Waals surface area contributed by atoms with E-state index in [9.17, 15) is 14.4 Å². The van der Waals surface area contributed by atoms with Crippen LogP contribution in [0.3, 0.4) is 0 Å². The van der Waals surface area contributed by atoms with Crippen LogP contribution in [-0.2, 0) is 19.1 Å². The number of amides is 2. The Hall–Kier alpha value is -1.59. The van der Waals surface area contributed by atoms with Gasteiger partial charge in [-0.05, 0) is 12.8 Å². The third kappa shape index (κ3) is 2.50. The van der Waals surface area contributed by atoms with Crippen molar-refractivity contribution in [3.63, 3.8) is 0 Å². The lowest BCUT2D eigenvalue weighted by atomic mass is 10.00. The van der Waals surface area contributed by atoms with Gasteiger partial charge in [0.2, 0.25) is 11.9 Å². The summed E-state index contributed by atoms with van der Waals surface area (Å²) in [5.41, 5.74) is 0. The average molecular weight is 228 g/mol. The summed E-state index contributed by atoms with van der Waals surface area (Å²) in [6, 6.07) is -1.80. The van der Waals surface area contributed by atoms with Gasteiger partial charge in [-0.25, -0.2) is 4.79 Å². The first kappa shape index (κ1) is 12.5. The summed E-state index contributed by atoms with van der Waals surface area (Å²) >= 11 is 0. The van der Waals surface area contributed by atoms with Crippen LogP contribution in [-0.4, -0.2) is 36.5 Å². The van der Waals surface area contributed by atoms with Crippen LogP contribution in [0.5, 0.6) is 0 Å². The fourth-order valence-corrected chi connectivity index (χ4v) is 1.46. The number of rotatable bonds is 3. The minimum Gasteiger partial charge on any atom is -0.464 e. The summed E-state index contributed by atoms with van der Waals surface area (Å²) in [7, 11) is 0. The summed E-state index contributed by atoms with van der Waals surface area (Å²) in [5.74, 6) is -1.62. The minimum atomic E-state index is -1.22. The van der Waals surface area contributed by atoms with Crippen molar-refractivity contribution in [3.8, 4) is 0 Å². The molecule has 1 saturated heterocycles. The van der Waals surface area contributed by atoms with E-state index in [2.05, 4.69) is 15.4 Å². The predicted molar refractivity (Wildman–Crippen MR) is 55.3 cm³/mol. The molecule has 0 bridgehead atoms. The zero-order valence-electron chi connectivity index (χ0n) is 9.57. The van der Waals surface area contributed by atoms with Gasteiger partial charge in [-0.1, -0.05) is 13.8 Å². The highest BCUT2D eigenvalue weighted by Gasteiger charge is 2.39. The fraction of sp³-hybridized carbons (Fsp3) is 0.700. The van der Waals surface area contributed by atoms with Crippen LogP contribution >= 0.6 is 0 Å². The number of hydrogen-bond acceptors (Lipinski definition) is 4. The van der Waals surface area contributed by atoms with E-state index < -0.39 is 24.0 Å². The fourth-order valence-electron chi connectivity index (χ4n) is 1.46. The number of piperazine rings is 1. The second kappa shape index (κ2) is 4.96. The van der Waals surface area contributed by atoms with Crippen LogP contribution in [0.2, 0.25) is 0 Å². The first-order valence-electron chi connectivity index (χ1n) is 5.24. The van der Waals surface area contributed by atoms with Gasteiger partial charge in [0.1, 0.15) is 6.04 Å². The molecule has 16 heavy (non-hydrogen) atoms. The first-order chi connectivity index (χ1) is 7.47. The molecule has 0 aromatic rings. The topological polar surface area (TPSA) is 84.5 Å². The van der Waals surface area contributed by atoms with Crippen LogP contribution in [0.1, 0.15) is 20.8 Å². The van der Waals surface area contributed by atoms with E-state index >= 15 is 0 Å². The molecule has 1 fully saturated rings. The van der Waals surface area contributed by atoms with Crippen molar-refractivity contribution in [2.24, 2.45) is 5.92 Å². The van der Waals surface area contributed by atoms with Crippen LogP contribution in [0.25, 0.3) is 0 Å². The molecule has 0 aliphatic carbocycles. The number of ether oxygens (including phenoxy) is 1. The number of carbonyl (C=O) groups is 3. The lowest BCUT2D eigenvalue weighted by Gasteiger charge is -2.30. The van der Waals surface area contributed by atoms with Gasteiger partial charge in [0.15, 0.2) is 0 Å². The van der Waals surface area contributed by atoms with E-state index in [1.807, 2.05) is 13.8 Å².